The minimum Gasteiger partial charge on any atom is -0.477 e. The van der Waals surface area contributed by atoms with Crippen molar-refractivity contribution in [3.8, 4) is 5.88 Å². The van der Waals surface area contributed by atoms with E-state index in [1.165, 1.54) is 49.2 Å². The van der Waals surface area contributed by atoms with E-state index in [-0.39, 0.29) is 55.6 Å². The van der Waals surface area contributed by atoms with Gasteiger partial charge in [-0.05, 0) is 48.0 Å². The third kappa shape index (κ3) is 6.06. The molecule has 2 atom stereocenters. The van der Waals surface area contributed by atoms with Crippen LogP contribution in [0.5, 0.6) is 5.88 Å². The number of ether oxygens (including phenoxy) is 2. The molecule has 3 aromatic rings. The van der Waals surface area contributed by atoms with Gasteiger partial charge in [0.1, 0.15) is 31.4 Å². The second-order valence-electron chi connectivity index (χ2n) is 13.6. The molecule has 3 aromatic heterocycles. The van der Waals surface area contributed by atoms with Crippen molar-refractivity contribution in [1.82, 2.24) is 40.4 Å². The fourth-order valence-electron chi connectivity index (χ4n) is 6.62. The van der Waals surface area contributed by atoms with E-state index in [2.05, 4.69) is 30.7 Å². The van der Waals surface area contributed by atoms with Gasteiger partial charge in [-0.2, -0.15) is 5.10 Å². The van der Waals surface area contributed by atoms with E-state index in [0.717, 1.165) is 17.7 Å². The lowest BCUT2D eigenvalue weighted by Gasteiger charge is -2.57. The molecule has 3 fully saturated rings. The van der Waals surface area contributed by atoms with Gasteiger partial charge in [0.15, 0.2) is 5.65 Å². The highest BCUT2D eigenvalue weighted by atomic mass is 19.3. The highest BCUT2D eigenvalue weighted by Crippen LogP contribution is 2.44. The molecule has 6 rings (SSSR count). The van der Waals surface area contributed by atoms with Gasteiger partial charge in [-0.15, -0.1) is 0 Å². The fraction of sp³-hybridized carbons (Fsp3) is 0.615. The number of urea groups is 1. The molecule has 2 N–H and O–H groups in total. The number of nitrogens with one attached hydrogen (secondary N) is 2. The zero-order chi connectivity index (χ0) is 33.9. The minimum absolute atomic E-state index is 0.0223. The number of carbonyl (C=O) groups excluding carboxylic acids is 2. The molecule has 3 aliphatic rings. The minimum atomic E-state index is -3.34. The molecule has 4 heterocycles. The summed E-state index contributed by atoms with van der Waals surface area (Å²) < 4.78 is 77.0. The van der Waals surface area contributed by atoms with E-state index < -0.39 is 52.5 Å². The number of amides is 3. The van der Waals surface area contributed by atoms with Gasteiger partial charge in [0.25, 0.3) is 17.7 Å². The first-order valence-corrected chi connectivity index (χ1v) is 15.6. The summed E-state index contributed by atoms with van der Waals surface area (Å²) >= 11 is 0. The van der Waals surface area contributed by atoms with E-state index in [1.807, 2.05) is 0 Å². The van der Waals surface area contributed by atoms with Crippen molar-refractivity contribution < 1.29 is 41.3 Å². The van der Waals surface area contributed by atoms with Crippen molar-refractivity contribution in [1.29, 1.82) is 0 Å². The van der Waals surface area contributed by atoms with Gasteiger partial charge in [0, 0.05) is 29.1 Å². The van der Waals surface area contributed by atoms with Crippen LogP contribution in [0.15, 0.2) is 23.1 Å². The molecule has 0 radical (unpaired) electrons. The lowest BCUT2D eigenvalue weighted by atomic mass is 9.43. The summed E-state index contributed by atoms with van der Waals surface area (Å²) in [5.74, 6) is -7.39. The Labute approximate surface area is 270 Å². The van der Waals surface area contributed by atoms with Gasteiger partial charge in [0.2, 0.25) is 11.6 Å². The Morgan fingerprint density at radius 2 is 1.85 bits per heavy atom. The average Bonchev–Trinajstić information content (AvgIpc) is 3.52. The number of methoxy groups -OCH3 is 1. The van der Waals surface area contributed by atoms with Crippen molar-refractivity contribution in [2.45, 2.75) is 79.2 Å². The lowest BCUT2D eigenvalue weighted by Crippen LogP contribution is -2.83. The standard InChI is InChI=1S/C26H34B4F4N8O5/c1-45-21-19(39-47-40-21)20(43)37-18(12-4-6-23(31,32)7-5-12)15-10-41-17(36-15)8-13(9-35-41)16(11-46-14-2-3-14)42-22(44)38-25(27,28)24(33,34)26(42,29)30/h8-10,12,14,16,18H,2-7,11,27-30H2,1H3,(H,37,43)(H,38,44). The number of nitrogens with zero attached hydrogens (tertiary/aromatic N) is 6. The van der Waals surface area contributed by atoms with Crippen LogP contribution in [-0.4, -0.2) is 115 Å². The van der Waals surface area contributed by atoms with Crippen molar-refractivity contribution in [3.05, 3.63) is 35.4 Å². The van der Waals surface area contributed by atoms with Crippen LogP contribution in [0.1, 0.15) is 72.4 Å². The zero-order valence-electron chi connectivity index (χ0n) is 26.7. The van der Waals surface area contributed by atoms with E-state index in [9.17, 15) is 18.4 Å². The van der Waals surface area contributed by atoms with E-state index in [1.54, 1.807) is 12.3 Å². The Morgan fingerprint density at radius 1 is 1.15 bits per heavy atom. The highest BCUT2D eigenvalue weighted by Gasteiger charge is 2.65. The molecule has 0 bridgehead atoms. The second kappa shape index (κ2) is 11.7. The molecule has 1 saturated heterocycles. The molecule has 21 heteroatoms. The molecule has 2 saturated carbocycles. The highest BCUT2D eigenvalue weighted by molar-refractivity contribution is 6.48. The van der Waals surface area contributed by atoms with Gasteiger partial charge in [-0.25, -0.2) is 36.5 Å². The summed E-state index contributed by atoms with van der Waals surface area (Å²) in [7, 11) is 6.53. The van der Waals surface area contributed by atoms with Crippen molar-refractivity contribution in [2.24, 2.45) is 5.92 Å². The topological polar surface area (TPSA) is 149 Å². The third-order valence-corrected chi connectivity index (χ3v) is 9.57. The molecular formula is C26H34B4F4N8O5. The number of aromatic nitrogens is 5. The molecule has 0 spiro atoms. The third-order valence-electron chi connectivity index (χ3n) is 9.57. The Hall–Kier alpha value is -3.76. The smallest absolute Gasteiger partial charge is 0.316 e. The summed E-state index contributed by atoms with van der Waals surface area (Å²) in [6.07, 6.45) is 4.20. The monoisotopic (exact) mass is 658 g/mol. The number of halogens is 4. The Bertz CT molecular complexity index is 1660. The number of rotatable bonds is 10. The molecule has 2 unspecified atom stereocenters. The van der Waals surface area contributed by atoms with Crippen LogP contribution in [0, 0.1) is 5.92 Å². The van der Waals surface area contributed by atoms with Crippen LogP contribution in [0.25, 0.3) is 5.65 Å². The maximum Gasteiger partial charge on any atom is 0.316 e. The fourth-order valence-corrected chi connectivity index (χ4v) is 6.62. The van der Waals surface area contributed by atoms with Crippen LogP contribution in [0.4, 0.5) is 22.4 Å². The first-order valence-electron chi connectivity index (χ1n) is 15.6. The average molecular weight is 658 g/mol. The van der Waals surface area contributed by atoms with Gasteiger partial charge in [-0.3, -0.25) is 4.79 Å². The molecule has 13 nitrogen and oxygen atoms in total. The number of fused-ring (bicyclic) bond motifs is 1. The summed E-state index contributed by atoms with van der Waals surface area (Å²) in [5.41, 5.74) is 0.815. The van der Waals surface area contributed by atoms with Crippen LogP contribution < -0.4 is 15.4 Å². The molecule has 2 aliphatic carbocycles. The predicted molar refractivity (Wildman–Crippen MR) is 168 cm³/mol. The van der Waals surface area contributed by atoms with E-state index in [4.69, 9.17) is 14.5 Å². The van der Waals surface area contributed by atoms with Crippen LogP contribution in [-0.2, 0) is 4.74 Å². The Morgan fingerprint density at radius 3 is 2.51 bits per heavy atom. The van der Waals surface area contributed by atoms with Crippen molar-refractivity contribution in [2.75, 3.05) is 13.7 Å². The number of imidazole rings is 1. The molecule has 0 aromatic carbocycles. The van der Waals surface area contributed by atoms with E-state index in [0.29, 0.717) is 11.3 Å². The van der Waals surface area contributed by atoms with Crippen LogP contribution in [0.2, 0.25) is 0 Å². The van der Waals surface area contributed by atoms with Gasteiger partial charge in [-0.1, -0.05) is 0 Å². The lowest BCUT2D eigenvalue weighted by molar-refractivity contribution is -0.109. The number of alkyl halides is 4. The zero-order valence-corrected chi connectivity index (χ0v) is 26.7. The SMILES string of the molecule is BC1(B)NC(=O)N(C(COC2CC2)c2cnn3cc(C(NC(=O)c4nonc4OC)C4CCC(F)(F)CC4)nc3c2)C(B)(B)C1(F)F. The van der Waals surface area contributed by atoms with Crippen molar-refractivity contribution in [3.63, 3.8) is 0 Å². The second-order valence-corrected chi connectivity index (χ2v) is 13.6. The van der Waals surface area contributed by atoms with Crippen LogP contribution >= 0.6 is 0 Å². The van der Waals surface area contributed by atoms with Crippen LogP contribution in [0.3, 0.4) is 0 Å². The van der Waals surface area contributed by atoms with Gasteiger partial charge < -0.3 is 25.0 Å². The molecule has 1 aliphatic heterocycles. The Balaban J connectivity index is 1.35. The molecule has 248 valence electrons. The predicted octanol–water partition coefficient (Wildman–Crippen LogP) is -0.862. The number of hydrogen-bond acceptors (Lipinski definition) is 9. The summed E-state index contributed by atoms with van der Waals surface area (Å²) in [5, 5.41) is 13.2. The first-order chi connectivity index (χ1) is 22.0. The van der Waals surface area contributed by atoms with E-state index >= 15 is 8.78 Å². The quantitative estimate of drug-likeness (QED) is 0.210. The summed E-state index contributed by atoms with van der Waals surface area (Å²) in [6, 6.07) is -0.828. The molecular weight excluding hydrogens is 624 g/mol. The Kier molecular flexibility index (Phi) is 8.28. The maximum atomic E-state index is 15.9. The molecule has 3 amide bonds. The largest absolute Gasteiger partial charge is 0.477 e. The number of carbonyl (C=O) groups is 2. The van der Waals surface area contributed by atoms with Gasteiger partial charge >= 0.3 is 6.03 Å². The molecule has 47 heavy (non-hydrogen) atoms. The summed E-state index contributed by atoms with van der Waals surface area (Å²) in [6.45, 7) is -0.0496. The first kappa shape index (κ1) is 33.2. The van der Waals surface area contributed by atoms with Gasteiger partial charge in [0.05, 0.1) is 50.0 Å². The summed E-state index contributed by atoms with van der Waals surface area (Å²) in [4.78, 5) is 32.5. The van der Waals surface area contributed by atoms with Crippen molar-refractivity contribution >= 4 is 49.0 Å². The normalized spacial score (nSPS) is 23.2. The number of hydrogen-bond donors (Lipinski definition) is 2. The maximum absolute atomic E-state index is 15.9.